The van der Waals surface area contributed by atoms with Crippen LogP contribution >= 0.6 is 0 Å². The number of sulfonamides is 3. The second-order valence-electron chi connectivity index (χ2n) is 9.55. The van der Waals surface area contributed by atoms with Crippen molar-refractivity contribution in [2.75, 3.05) is 17.2 Å². The van der Waals surface area contributed by atoms with E-state index in [2.05, 4.69) is 44.1 Å². The van der Waals surface area contributed by atoms with Crippen molar-refractivity contribution in [2.24, 2.45) is 0 Å². The Hall–Kier alpha value is -5.93. The van der Waals surface area contributed by atoms with E-state index in [1.807, 2.05) is 0 Å². The van der Waals surface area contributed by atoms with E-state index >= 15 is 0 Å². The molecule has 0 saturated heterocycles. The molecule has 3 aromatic carbocycles. The van der Waals surface area contributed by atoms with Gasteiger partial charge in [0, 0.05) is 34.9 Å². The van der Waals surface area contributed by atoms with Gasteiger partial charge in [-0.1, -0.05) is 18.2 Å². The Labute approximate surface area is 310 Å². The van der Waals surface area contributed by atoms with Crippen LogP contribution < -0.4 is 17.2 Å². The molecule has 18 nitrogen and oxygen atoms in total. The van der Waals surface area contributed by atoms with Crippen LogP contribution in [0.2, 0.25) is 0 Å². The molecule has 0 saturated carbocycles. The fourth-order valence-electron chi connectivity index (χ4n) is 3.42. The van der Waals surface area contributed by atoms with Gasteiger partial charge in [-0.2, -0.15) is 0 Å². The SMILES string of the molecule is Nc1ccc(S(=O)(=O)[N-]c2ncccn2)cc1.Nc1ccc(S(=O)(=O)[N-]c2ncccn2)cc1.Nc1ccc(S(=O)(=O)[N-]c2ncccn2)cc1.[Fe+3]. The van der Waals surface area contributed by atoms with E-state index in [4.69, 9.17) is 17.2 Å². The zero-order valence-electron chi connectivity index (χ0n) is 26.4. The van der Waals surface area contributed by atoms with Gasteiger partial charge in [0.15, 0.2) is 0 Å². The molecule has 3 heterocycles. The largest absolute Gasteiger partial charge is 3.00 e. The van der Waals surface area contributed by atoms with Crippen LogP contribution in [-0.2, 0) is 47.1 Å². The number of benzene rings is 3. The molecule has 269 valence electrons. The first-order valence-corrected chi connectivity index (χ1v) is 18.4. The maximum absolute atomic E-state index is 11.8. The van der Waals surface area contributed by atoms with E-state index in [0.717, 1.165) is 0 Å². The van der Waals surface area contributed by atoms with E-state index in [1.54, 1.807) is 18.2 Å². The second kappa shape index (κ2) is 18.3. The van der Waals surface area contributed by atoms with Gasteiger partial charge in [-0.25, -0.2) is 25.3 Å². The van der Waals surface area contributed by atoms with Crippen molar-refractivity contribution in [3.63, 3.8) is 0 Å². The van der Waals surface area contributed by atoms with Gasteiger partial charge < -0.3 is 47.1 Å². The summed E-state index contributed by atoms with van der Waals surface area (Å²) >= 11 is 0. The zero-order valence-corrected chi connectivity index (χ0v) is 30.0. The number of nitrogen functional groups attached to an aromatic ring is 3. The number of anilines is 3. The maximum atomic E-state index is 11.8. The van der Waals surface area contributed by atoms with Crippen LogP contribution in [0.5, 0.6) is 0 Å². The summed E-state index contributed by atoms with van der Waals surface area (Å²) in [4.78, 5) is 22.5. The molecule has 0 aliphatic carbocycles. The van der Waals surface area contributed by atoms with Gasteiger partial charge in [0.2, 0.25) is 30.1 Å². The Bertz CT molecular complexity index is 2060. The predicted octanol–water partition coefficient (Wildman–Crippen LogP) is 4.36. The number of nitrogens with zero attached hydrogens (tertiary/aromatic N) is 9. The van der Waals surface area contributed by atoms with Crippen molar-refractivity contribution >= 4 is 65.0 Å². The maximum Gasteiger partial charge on any atom is 3.00 e. The number of rotatable bonds is 9. The van der Waals surface area contributed by atoms with Gasteiger partial charge in [-0.3, -0.25) is 14.2 Å². The molecule has 0 atom stereocenters. The van der Waals surface area contributed by atoms with Gasteiger partial charge in [0.25, 0.3) is 0 Å². The third-order valence-corrected chi connectivity index (χ3v) is 9.61. The van der Waals surface area contributed by atoms with Crippen molar-refractivity contribution < 1.29 is 42.3 Å². The van der Waals surface area contributed by atoms with E-state index in [9.17, 15) is 25.3 Å². The van der Waals surface area contributed by atoms with Crippen LogP contribution in [0.4, 0.5) is 34.9 Å². The van der Waals surface area contributed by atoms with Crippen molar-refractivity contribution in [3.05, 3.63) is 142 Å². The molecule has 0 amide bonds. The Balaban J connectivity index is 0.000000208. The van der Waals surface area contributed by atoms with E-state index in [0.29, 0.717) is 17.1 Å². The summed E-state index contributed by atoms with van der Waals surface area (Å²) in [7, 11) is -11.4. The van der Waals surface area contributed by atoms with E-state index < -0.39 is 30.1 Å². The van der Waals surface area contributed by atoms with Crippen LogP contribution in [-0.4, -0.2) is 55.2 Å². The Kier molecular flexibility index (Phi) is 14.3. The summed E-state index contributed by atoms with van der Waals surface area (Å²) in [6.45, 7) is 0. The second-order valence-corrected chi connectivity index (χ2v) is 14.4. The van der Waals surface area contributed by atoms with Crippen molar-refractivity contribution in [2.45, 2.75) is 14.7 Å². The quantitative estimate of drug-likeness (QED) is 0.135. The van der Waals surface area contributed by atoms with Crippen LogP contribution in [0.3, 0.4) is 0 Å². The number of hydrogen-bond acceptors (Lipinski definition) is 15. The average molecular weight is 804 g/mol. The minimum absolute atomic E-state index is 0. The normalized spacial score (nSPS) is 10.8. The van der Waals surface area contributed by atoms with Gasteiger partial charge in [-0.05, 0) is 110 Å². The molecule has 6 rings (SSSR count). The summed E-state index contributed by atoms with van der Waals surface area (Å²) in [5.41, 5.74) is 17.9. The molecule has 6 N–H and O–H groups in total. The molecular formula is C30H27FeN12O6S3. The zero-order chi connectivity index (χ0) is 36.9. The van der Waals surface area contributed by atoms with Gasteiger partial charge in [0.05, 0.1) is 14.7 Å². The minimum Gasteiger partial charge on any atom is -0.399 e. The first-order chi connectivity index (χ1) is 24.2. The predicted molar refractivity (Wildman–Crippen MR) is 189 cm³/mol. The summed E-state index contributed by atoms with van der Waals surface area (Å²) in [6.07, 6.45) is 8.53. The van der Waals surface area contributed by atoms with Crippen LogP contribution in [0, 0.1) is 0 Å². The van der Waals surface area contributed by atoms with Crippen molar-refractivity contribution in [3.8, 4) is 0 Å². The summed E-state index contributed by atoms with van der Waals surface area (Å²) < 4.78 is 81.5. The van der Waals surface area contributed by atoms with Gasteiger partial charge in [0.1, 0.15) is 0 Å². The Morgan fingerprint density at radius 3 is 0.750 bits per heavy atom. The molecule has 52 heavy (non-hydrogen) atoms. The molecule has 6 aromatic rings. The topological polar surface area (TPSA) is 300 Å². The van der Waals surface area contributed by atoms with E-state index in [-0.39, 0.29) is 49.6 Å². The molecule has 0 unspecified atom stereocenters. The van der Waals surface area contributed by atoms with Gasteiger partial charge >= 0.3 is 17.1 Å². The number of hydrogen-bond donors (Lipinski definition) is 3. The summed E-state index contributed by atoms with van der Waals surface area (Å²) in [5, 5.41) is 0. The van der Waals surface area contributed by atoms with Crippen molar-refractivity contribution in [1.29, 1.82) is 0 Å². The molecule has 3 aromatic heterocycles. The standard InChI is InChI=1S/3C10H9N4O2S.Fe/c3*11-8-2-4-9(5-3-8)17(15,16)14-10-12-6-1-7-13-10;/h3*1-7H,11H2;/q3*-1;+3. The number of nitrogens with two attached hydrogens (primary N) is 3. The Morgan fingerprint density at radius 1 is 0.365 bits per heavy atom. The van der Waals surface area contributed by atoms with Crippen LogP contribution in [0.1, 0.15) is 0 Å². The first-order valence-electron chi connectivity index (χ1n) is 14.1. The number of aromatic nitrogens is 6. The van der Waals surface area contributed by atoms with Crippen molar-refractivity contribution in [1.82, 2.24) is 29.9 Å². The third kappa shape index (κ3) is 12.4. The molecule has 22 heteroatoms. The van der Waals surface area contributed by atoms with E-state index in [1.165, 1.54) is 110 Å². The fourth-order valence-corrected chi connectivity index (χ4v) is 6.10. The monoisotopic (exact) mass is 803 g/mol. The van der Waals surface area contributed by atoms with Crippen LogP contribution in [0.25, 0.3) is 14.2 Å². The summed E-state index contributed by atoms with van der Waals surface area (Å²) in [6, 6.07) is 22.0. The minimum atomic E-state index is -3.79. The average Bonchev–Trinajstić information content (AvgIpc) is 3.10. The molecule has 0 aliphatic rings. The molecular weight excluding hydrogens is 776 g/mol. The smallest absolute Gasteiger partial charge is 0.399 e. The molecule has 0 aliphatic heterocycles. The first kappa shape index (κ1) is 40.5. The third-order valence-electron chi connectivity index (χ3n) is 5.80. The molecule has 1 radical (unpaired) electrons. The molecule has 0 spiro atoms. The molecule has 0 fully saturated rings. The molecule has 0 bridgehead atoms. The van der Waals surface area contributed by atoms with Gasteiger partial charge in [-0.15, -0.1) is 0 Å². The summed E-state index contributed by atoms with van der Waals surface area (Å²) in [5.74, 6) is -0.280. The van der Waals surface area contributed by atoms with Crippen LogP contribution in [0.15, 0.2) is 143 Å². The Morgan fingerprint density at radius 2 is 0.558 bits per heavy atom. The fraction of sp³-hybridized carbons (Fsp3) is 0.